The first-order chi connectivity index (χ1) is 9.98. The molecule has 3 atom stereocenters. The Morgan fingerprint density at radius 3 is 2.52 bits per heavy atom. The number of piperidine rings is 1. The van der Waals surface area contributed by atoms with Gasteiger partial charge in [-0.2, -0.15) is 0 Å². The van der Waals surface area contributed by atoms with Gasteiger partial charge in [0, 0.05) is 24.7 Å². The Hall–Kier alpha value is -0.120. The number of likely N-dealkylation sites (N-methyl/N-ethyl adjacent to an activating group) is 1. The fourth-order valence-corrected chi connectivity index (χ4v) is 4.54. The molecule has 2 N–H and O–H groups in total. The number of likely N-dealkylation sites (tertiary alicyclic amines) is 1. The summed E-state index contributed by atoms with van der Waals surface area (Å²) in [4.78, 5) is 5.17. The van der Waals surface area contributed by atoms with E-state index < -0.39 is 0 Å². The van der Waals surface area contributed by atoms with Crippen LogP contribution in [0.1, 0.15) is 58.8 Å². The van der Waals surface area contributed by atoms with Crippen molar-refractivity contribution >= 4 is 0 Å². The third-order valence-corrected chi connectivity index (χ3v) is 6.32. The summed E-state index contributed by atoms with van der Waals surface area (Å²) in [5.41, 5.74) is 6.62. The van der Waals surface area contributed by atoms with Crippen molar-refractivity contribution in [3.8, 4) is 0 Å². The molecule has 0 amide bonds. The van der Waals surface area contributed by atoms with Crippen molar-refractivity contribution in [1.29, 1.82) is 0 Å². The zero-order valence-corrected chi connectivity index (χ0v) is 14.8. The second kappa shape index (κ2) is 7.43. The molecule has 3 heteroatoms. The smallest absolute Gasteiger partial charge is 0.0332 e. The fraction of sp³-hybridized carbons (Fsp3) is 1.00. The van der Waals surface area contributed by atoms with Crippen LogP contribution in [-0.4, -0.2) is 55.1 Å². The number of nitrogens with two attached hydrogens (primary N) is 1. The van der Waals surface area contributed by atoms with Crippen LogP contribution in [0.5, 0.6) is 0 Å². The molecule has 0 aromatic heterocycles. The maximum Gasteiger partial charge on any atom is 0.0332 e. The molecule has 3 nitrogen and oxygen atoms in total. The highest BCUT2D eigenvalue weighted by atomic mass is 15.3. The summed E-state index contributed by atoms with van der Waals surface area (Å²) in [6.45, 7) is 8.11. The van der Waals surface area contributed by atoms with Gasteiger partial charge in [-0.1, -0.05) is 26.7 Å². The van der Waals surface area contributed by atoms with E-state index in [1.165, 1.54) is 58.0 Å². The fourth-order valence-electron chi connectivity index (χ4n) is 4.54. The Morgan fingerprint density at radius 2 is 1.90 bits per heavy atom. The molecule has 0 spiro atoms. The number of rotatable bonds is 4. The van der Waals surface area contributed by atoms with Crippen molar-refractivity contribution in [2.24, 2.45) is 17.6 Å². The first-order valence-corrected chi connectivity index (χ1v) is 9.10. The molecule has 1 saturated heterocycles. The second-order valence-corrected chi connectivity index (χ2v) is 8.07. The van der Waals surface area contributed by atoms with Crippen LogP contribution in [-0.2, 0) is 0 Å². The van der Waals surface area contributed by atoms with Crippen LogP contribution >= 0.6 is 0 Å². The van der Waals surface area contributed by atoms with Crippen LogP contribution in [0.15, 0.2) is 0 Å². The van der Waals surface area contributed by atoms with Gasteiger partial charge >= 0.3 is 0 Å². The Bertz CT molecular complexity index is 316. The maximum absolute atomic E-state index is 6.33. The molecule has 2 aliphatic rings. The van der Waals surface area contributed by atoms with Crippen molar-refractivity contribution in [2.75, 3.05) is 33.7 Å². The zero-order chi connectivity index (χ0) is 15.5. The first kappa shape index (κ1) is 17.2. The summed E-state index contributed by atoms with van der Waals surface area (Å²) in [7, 11) is 4.45. The molecular weight excluding hydrogens is 258 g/mol. The third kappa shape index (κ3) is 4.00. The highest BCUT2D eigenvalue weighted by Gasteiger charge is 2.40. The van der Waals surface area contributed by atoms with Crippen LogP contribution in [0.3, 0.4) is 0 Å². The van der Waals surface area contributed by atoms with Crippen molar-refractivity contribution in [2.45, 2.75) is 70.4 Å². The van der Waals surface area contributed by atoms with Gasteiger partial charge in [-0.25, -0.2) is 0 Å². The Labute approximate surface area is 132 Å². The van der Waals surface area contributed by atoms with E-state index in [2.05, 4.69) is 37.7 Å². The average Bonchev–Trinajstić information content (AvgIpc) is 2.71. The molecule has 21 heavy (non-hydrogen) atoms. The first-order valence-electron chi connectivity index (χ1n) is 9.10. The van der Waals surface area contributed by atoms with Crippen LogP contribution in [0.4, 0.5) is 0 Å². The lowest BCUT2D eigenvalue weighted by molar-refractivity contribution is 0.0241. The normalized spacial score (nSPS) is 36.1. The largest absolute Gasteiger partial charge is 0.329 e. The molecule has 0 aromatic rings. The van der Waals surface area contributed by atoms with Crippen LogP contribution in [0, 0.1) is 11.8 Å². The lowest BCUT2D eigenvalue weighted by atomic mass is 9.84. The molecule has 124 valence electrons. The van der Waals surface area contributed by atoms with Gasteiger partial charge in [-0.05, 0) is 64.6 Å². The molecule has 0 aromatic carbocycles. The molecule has 1 aliphatic carbocycles. The molecular formula is C18H37N3. The quantitative estimate of drug-likeness (QED) is 0.809. The van der Waals surface area contributed by atoms with Gasteiger partial charge in [-0.3, -0.25) is 4.90 Å². The summed E-state index contributed by atoms with van der Waals surface area (Å²) in [6, 6.07) is 0.714. The van der Waals surface area contributed by atoms with Crippen molar-refractivity contribution in [1.82, 2.24) is 9.80 Å². The topological polar surface area (TPSA) is 32.5 Å². The van der Waals surface area contributed by atoms with Gasteiger partial charge in [0.15, 0.2) is 0 Å². The summed E-state index contributed by atoms with van der Waals surface area (Å²) in [5.74, 6) is 1.74. The second-order valence-electron chi connectivity index (χ2n) is 8.07. The SMILES string of the molecule is CC(C)C1CCCC(CN)(N2CCCC(N(C)C)C2)CC1. The minimum absolute atomic E-state index is 0.290. The number of nitrogens with zero attached hydrogens (tertiary/aromatic N) is 2. The van der Waals surface area contributed by atoms with Crippen LogP contribution in [0.25, 0.3) is 0 Å². The molecule has 1 heterocycles. The van der Waals surface area contributed by atoms with Crippen LogP contribution in [0.2, 0.25) is 0 Å². The molecule has 3 unspecified atom stereocenters. The number of hydrogen-bond acceptors (Lipinski definition) is 3. The van der Waals surface area contributed by atoms with E-state index in [0.717, 1.165) is 18.4 Å². The van der Waals surface area contributed by atoms with E-state index in [0.29, 0.717) is 6.04 Å². The highest BCUT2D eigenvalue weighted by Crippen LogP contribution is 2.38. The summed E-state index contributed by atoms with van der Waals surface area (Å²) in [5, 5.41) is 0. The minimum atomic E-state index is 0.290. The van der Waals surface area contributed by atoms with Crippen molar-refractivity contribution in [3.05, 3.63) is 0 Å². The Morgan fingerprint density at radius 1 is 1.14 bits per heavy atom. The zero-order valence-electron chi connectivity index (χ0n) is 14.8. The molecule has 0 bridgehead atoms. The number of hydrogen-bond donors (Lipinski definition) is 1. The predicted molar refractivity (Wildman–Crippen MR) is 91.5 cm³/mol. The van der Waals surface area contributed by atoms with Crippen molar-refractivity contribution in [3.63, 3.8) is 0 Å². The van der Waals surface area contributed by atoms with E-state index in [1.54, 1.807) is 0 Å². The molecule has 1 saturated carbocycles. The lowest BCUT2D eigenvalue weighted by Crippen LogP contribution is -2.59. The van der Waals surface area contributed by atoms with Gasteiger partial charge < -0.3 is 10.6 Å². The van der Waals surface area contributed by atoms with Gasteiger partial charge in [0.05, 0.1) is 0 Å². The Balaban J connectivity index is 2.06. The monoisotopic (exact) mass is 295 g/mol. The van der Waals surface area contributed by atoms with E-state index in [4.69, 9.17) is 5.73 Å². The van der Waals surface area contributed by atoms with E-state index in [1.807, 2.05) is 0 Å². The molecule has 0 radical (unpaired) electrons. The predicted octanol–water partition coefficient (Wildman–Crippen LogP) is 2.95. The van der Waals surface area contributed by atoms with E-state index >= 15 is 0 Å². The van der Waals surface area contributed by atoms with E-state index in [-0.39, 0.29) is 5.54 Å². The summed E-state index contributed by atoms with van der Waals surface area (Å²) < 4.78 is 0. The third-order valence-electron chi connectivity index (χ3n) is 6.32. The van der Waals surface area contributed by atoms with Gasteiger partial charge in [0.25, 0.3) is 0 Å². The summed E-state index contributed by atoms with van der Waals surface area (Å²) >= 11 is 0. The van der Waals surface area contributed by atoms with Gasteiger partial charge in [0.1, 0.15) is 0 Å². The summed E-state index contributed by atoms with van der Waals surface area (Å²) in [6.07, 6.45) is 9.45. The van der Waals surface area contributed by atoms with Gasteiger partial charge in [-0.15, -0.1) is 0 Å². The average molecular weight is 296 g/mol. The maximum atomic E-state index is 6.33. The highest BCUT2D eigenvalue weighted by molar-refractivity contribution is 4.97. The molecule has 2 rings (SSSR count). The molecule has 2 fully saturated rings. The Kier molecular flexibility index (Phi) is 6.10. The molecule has 1 aliphatic heterocycles. The minimum Gasteiger partial charge on any atom is -0.329 e. The van der Waals surface area contributed by atoms with Gasteiger partial charge in [0.2, 0.25) is 0 Å². The van der Waals surface area contributed by atoms with Crippen molar-refractivity contribution < 1.29 is 0 Å². The van der Waals surface area contributed by atoms with E-state index in [9.17, 15) is 0 Å². The van der Waals surface area contributed by atoms with Crippen LogP contribution < -0.4 is 5.73 Å². The standard InChI is InChI=1S/C18H37N3/c1-15(2)16-7-5-10-18(14-19,11-9-16)21-12-6-8-17(13-21)20(3)4/h15-17H,5-14,19H2,1-4H3. The lowest BCUT2D eigenvalue weighted by Gasteiger charge is -2.48.